The maximum absolute atomic E-state index is 14.5. The van der Waals surface area contributed by atoms with E-state index in [9.17, 15) is 4.39 Å². The van der Waals surface area contributed by atoms with Gasteiger partial charge in [0.05, 0.1) is 11.2 Å². The monoisotopic (exact) mass is 303 g/mol. The van der Waals surface area contributed by atoms with Gasteiger partial charge < -0.3 is 0 Å². The highest BCUT2D eigenvalue weighted by molar-refractivity contribution is 6.28. The molecule has 0 N–H and O–H groups in total. The second-order valence-corrected chi connectivity index (χ2v) is 6.29. The van der Waals surface area contributed by atoms with Crippen LogP contribution in [0.2, 0.25) is 5.28 Å². The van der Waals surface area contributed by atoms with Gasteiger partial charge in [0.2, 0.25) is 5.28 Å². The van der Waals surface area contributed by atoms with Crippen LogP contribution in [0.15, 0.2) is 24.4 Å². The van der Waals surface area contributed by atoms with Crippen LogP contribution in [0.1, 0.15) is 28.8 Å². The molecule has 1 spiro atoms. The van der Waals surface area contributed by atoms with E-state index in [2.05, 4.69) is 21.9 Å². The summed E-state index contributed by atoms with van der Waals surface area (Å²) in [7, 11) is 2.05. The fourth-order valence-corrected chi connectivity index (χ4v) is 4.00. The Kier molecular flexibility index (Phi) is 2.81. The minimum Gasteiger partial charge on any atom is -0.292 e. The number of nitrogens with zero attached hydrogens (tertiary/aromatic N) is 3. The predicted molar refractivity (Wildman–Crippen MR) is 78.6 cm³/mol. The van der Waals surface area contributed by atoms with Crippen molar-refractivity contribution in [3.8, 4) is 0 Å². The first kappa shape index (κ1) is 13.2. The summed E-state index contributed by atoms with van der Waals surface area (Å²) in [6, 6.07) is 5.38. The molecule has 0 saturated carbocycles. The molecule has 21 heavy (non-hydrogen) atoms. The fraction of sp³-hybridized carbons (Fsp3) is 0.375. The lowest BCUT2D eigenvalue weighted by Gasteiger charge is -2.43. The van der Waals surface area contributed by atoms with Gasteiger partial charge in [-0.2, -0.15) is 0 Å². The van der Waals surface area contributed by atoms with Crippen LogP contribution in [0.25, 0.3) is 0 Å². The van der Waals surface area contributed by atoms with E-state index >= 15 is 0 Å². The van der Waals surface area contributed by atoms with Crippen molar-refractivity contribution < 1.29 is 4.39 Å². The fourth-order valence-electron chi connectivity index (χ4n) is 3.84. The molecule has 3 nitrogen and oxygen atoms in total. The summed E-state index contributed by atoms with van der Waals surface area (Å²) in [6.45, 7) is 0.722. The number of aromatic nitrogens is 2. The van der Waals surface area contributed by atoms with Gasteiger partial charge in [-0.25, -0.2) is 14.4 Å². The number of likely N-dealkylation sites (N-methyl/N-ethyl adjacent to an activating group) is 1. The number of benzene rings is 1. The van der Waals surface area contributed by atoms with Gasteiger partial charge >= 0.3 is 0 Å². The van der Waals surface area contributed by atoms with Crippen molar-refractivity contribution in [2.45, 2.75) is 31.3 Å². The third kappa shape index (κ3) is 1.82. The van der Waals surface area contributed by atoms with Crippen LogP contribution >= 0.6 is 11.6 Å². The first-order valence-electron chi connectivity index (χ1n) is 7.09. The van der Waals surface area contributed by atoms with Crippen LogP contribution < -0.4 is 0 Å². The molecular formula is C16H15ClFN3. The van der Waals surface area contributed by atoms with E-state index in [-0.39, 0.29) is 16.6 Å². The quantitative estimate of drug-likeness (QED) is 0.700. The van der Waals surface area contributed by atoms with E-state index in [1.807, 2.05) is 6.07 Å². The molecule has 2 heterocycles. The first-order valence-corrected chi connectivity index (χ1v) is 7.47. The number of aryl methyl sites for hydroxylation is 1. The maximum atomic E-state index is 14.5. The molecule has 1 aromatic heterocycles. The van der Waals surface area contributed by atoms with Crippen LogP contribution in [0.4, 0.5) is 4.39 Å². The summed E-state index contributed by atoms with van der Waals surface area (Å²) in [4.78, 5) is 10.7. The van der Waals surface area contributed by atoms with Crippen molar-refractivity contribution >= 4 is 11.6 Å². The number of rotatable bonds is 0. The second kappa shape index (κ2) is 4.49. The summed E-state index contributed by atoms with van der Waals surface area (Å²) >= 11 is 5.93. The molecule has 5 heteroatoms. The highest BCUT2D eigenvalue weighted by Gasteiger charge is 2.47. The third-order valence-corrected chi connectivity index (χ3v) is 5.08. The lowest BCUT2D eigenvalue weighted by molar-refractivity contribution is 0.0895. The normalized spacial score (nSPS) is 24.1. The molecule has 2 aliphatic rings. The Bertz CT molecular complexity index is 733. The SMILES string of the molecule is CN1Cc2cnc(Cl)nc2C[C@]12CCc1cccc(F)c12. The van der Waals surface area contributed by atoms with E-state index in [0.717, 1.165) is 41.8 Å². The summed E-state index contributed by atoms with van der Waals surface area (Å²) in [5.74, 6) is -0.111. The summed E-state index contributed by atoms with van der Waals surface area (Å²) in [5.41, 5.74) is 3.69. The number of fused-ring (bicyclic) bond motifs is 3. The zero-order valence-electron chi connectivity index (χ0n) is 11.7. The van der Waals surface area contributed by atoms with Crippen molar-refractivity contribution in [3.63, 3.8) is 0 Å². The minimum absolute atomic E-state index is 0.111. The predicted octanol–water partition coefficient (Wildman–Crippen LogP) is 3.10. The lowest BCUT2D eigenvalue weighted by atomic mass is 9.81. The van der Waals surface area contributed by atoms with Gasteiger partial charge in [-0.15, -0.1) is 0 Å². The molecule has 0 bridgehead atoms. The molecule has 1 atom stereocenters. The number of halogens is 2. The van der Waals surface area contributed by atoms with E-state index in [4.69, 9.17) is 11.6 Å². The molecule has 4 rings (SSSR count). The number of hydrogen-bond donors (Lipinski definition) is 0. The van der Waals surface area contributed by atoms with E-state index in [1.54, 1.807) is 18.3 Å². The zero-order valence-corrected chi connectivity index (χ0v) is 12.5. The Labute approximate surface area is 127 Å². The van der Waals surface area contributed by atoms with Crippen LogP contribution in [-0.2, 0) is 24.9 Å². The largest absolute Gasteiger partial charge is 0.292 e. The van der Waals surface area contributed by atoms with Gasteiger partial charge in [0.15, 0.2) is 0 Å². The Morgan fingerprint density at radius 2 is 2.19 bits per heavy atom. The van der Waals surface area contributed by atoms with E-state index in [1.165, 1.54) is 0 Å². The Morgan fingerprint density at radius 1 is 1.33 bits per heavy atom. The van der Waals surface area contributed by atoms with Gasteiger partial charge in [-0.1, -0.05) is 12.1 Å². The van der Waals surface area contributed by atoms with E-state index in [0.29, 0.717) is 6.42 Å². The van der Waals surface area contributed by atoms with Gasteiger partial charge in [-0.3, -0.25) is 4.90 Å². The molecular weight excluding hydrogens is 289 g/mol. The lowest BCUT2D eigenvalue weighted by Crippen LogP contribution is -2.47. The molecule has 0 amide bonds. The zero-order chi connectivity index (χ0) is 14.6. The average molecular weight is 304 g/mol. The summed E-state index contributed by atoms with van der Waals surface area (Å²) < 4.78 is 14.5. The average Bonchev–Trinajstić information content (AvgIpc) is 2.82. The van der Waals surface area contributed by atoms with Crippen molar-refractivity contribution in [3.05, 3.63) is 57.9 Å². The van der Waals surface area contributed by atoms with Crippen LogP contribution in [0, 0.1) is 5.82 Å². The molecule has 0 saturated heterocycles. The Balaban J connectivity index is 1.88. The summed E-state index contributed by atoms with van der Waals surface area (Å²) in [5, 5.41) is 0.264. The Hall–Kier alpha value is -1.52. The van der Waals surface area contributed by atoms with Gasteiger partial charge in [0.1, 0.15) is 5.82 Å². The van der Waals surface area contributed by atoms with Crippen LogP contribution in [0.5, 0.6) is 0 Å². The van der Waals surface area contributed by atoms with Gasteiger partial charge in [-0.05, 0) is 43.1 Å². The summed E-state index contributed by atoms with van der Waals surface area (Å²) in [6.07, 6.45) is 4.30. The second-order valence-electron chi connectivity index (χ2n) is 5.95. The third-order valence-electron chi connectivity index (χ3n) is 4.90. The minimum atomic E-state index is -0.300. The molecule has 0 fully saturated rings. The molecule has 108 valence electrons. The van der Waals surface area contributed by atoms with Crippen molar-refractivity contribution in [2.24, 2.45) is 0 Å². The van der Waals surface area contributed by atoms with Crippen LogP contribution in [-0.4, -0.2) is 21.9 Å². The highest BCUT2D eigenvalue weighted by Crippen LogP contribution is 2.47. The highest BCUT2D eigenvalue weighted by atomic mass is 35.5. The van der Waals surface area contributed by atoms with E-state index < -0.39 is 0 Å². The molecule has 1 aromatic carbocycles. The maximum Gasteiger partial charge on any atom is 0.222 e. The standard InChI is InChI=1S/C16H15ClFN3/c1-21-9-11-8-19-15(17)20-13(11)7-16(21)6-5-10-3-2-4-12(18)14(10)16/h2-4,8H,5-7,9H2,1H3/t16-/m0/s1. The molecule has 2 aromatic rings. The van der Waals surface area contributed by atoms with Crippen molar-refractivity contribution in [2.75, 3.05) is 7.05 Å². The van der Waals surface area contributed by atoms with Crippen LogP contribution in [0.3, 0.4) is 0 Å². The number of hydrogen-bond acceptors (Lipinski definition) is 3. The van der Waals surface area contributed by atoms with Crippen molar-refractivity contribution in [1.82, 2.24) is 14.9 Å². The smallest absolute Gasteiger partial charge is 0.222 e. The first-order chi connectivity index (χ1) is 10.1. The van der Waals surface area contributed by atoms with Gasteiger partial charge in [0.25, 0.3) is 0 Å². The molecule has 0 radical (unpaired) electrons. The van der Waals surface area contributed by atoms with Crippen molar-refractivity contribution in [1.29, 1.82) is 0 Å². The van der Waals surface area contributed by atoms with Gasteiger partial charge in [0, 0.05) is 30.3 Å². The molecule has 1 aliphatic carbocycles. The molecule has 1 aliphatic heterocycles. The molecule has 0 unspecified atom stereocenters. The topological polar surface area (TPSA) is 29.0 Å². The Morgan fingerprint density at radius 3 is 3.05 bits per heavy atom.